The molecular formula is C17H33NO2Si. The van der Waals surface area contributed by atoms with Crippen molar-refractivity contribution in [1.29, 1.82) is 0 Å². The van der Waals surface area contributed by atoms with Crippen molar-refractivity contribution < 1.29 is 9.22 Å². The molecule has 2 rings (SSSR count). The van der Waals surface area contributed by atoms with Crippen LogP contribution in [0.2, 0.25) is 18.1 Å². The predicted molar refractivity (Wildman–Crippen MR) is 89.9 cm³/mol. The largest absolute Gasteiger partial charge is 0.414 e. The third-order valence-electron chi connectivity index (χ3n) is 5.71. The van der Waals surface area contributed by atoms with Crippen molar-refractivity contribution in [3.63, 3.8) is 0 Å². The van der Waals surface area contributed by atoms with Crippen LogP contribution in [0.3, 0.4) is 0 Å². The molecule has 3 nitrogen and oxygen atoms in total. The predicted octanol–water partition coefficient (Wildman–Crippen LogP) is 4.33. The highest BCUT2D eigenvalue weighted by molar-refractivity contribution is 6.74. The van der Waals surface area contributed by atoms with Crippen LogP contribution in [0.25, 0.3) is 0 Å². The van der Waals surface area contributed by atoms with Gasteiger partial charge in [-0.1, -0.05) is 20.8 Å². The van der Waals surface area contributed by atoms with Crippen molar-refractivity contribution in [2.45, 2.75) is 96.0 Å². The van der Waals surface area contributed by atoms with Gasteiger partial charge in [0.25, 0.3) is 0 Å². The second-order valence-corrected chi connectivity index (χ2v) is 13.1. The van der Waals surface area contributed by atoms with Crippen molar-refractivity contribution in [2.24, 2.45) is 0 Å². The average molecular weight is 312 g/mol. The van der Waals surface area contributed by atoms with E-state index in [4.69, 9.17) is 4.43 Å². The highest BCUT2D eigenvalue weighted by Gasteiger charge is 2.40. The number of hydrogen-bond donors (Lipinski definition) is 0. The van der Waals surface area contributed by atoms with Crippen LogP contribution in [0, 0.1) is 0 Å². The first-order chi connectivity index (χ1) is 9.71. The summed E-state index contributed by atoms with van der Waals surface area (Å²) in [5.74, 6) is 0.384. The summed E-state index contributed by atoms with van der Waals surface area (Å²) in [5, 5.41) is 0.284. The Bertz CT molecular complexity index is 367. The fraction of sp³-hybridized carbons (Fsp3) is 0.941. The van der Waals surface area contributed by atoms with Crippen LogP contribution < -0.4 is 0 Å². The van der Waals surface area contributed by atoms with Gasteiger partial charge in [-0.2, -0.15) is 0 Å². The fourth-order valence-electron chi connectivity index (χ4n) is 3.28. The molecule has 2 aliphatic rings. The lowest BCUT2D eigenvalue weighted by molar-refractivity contribution is -0.136. The van der Waals surface area contributed by atoms with Crippen LogP contribution in [-0.2, 0) is 9.22 Å². The fourth-order valence-corrected chi connectivity index (χ4v) is 4.70. The van der Waals surface area contributed by atoms with Crippen LogP contribution in [-0.4, -0.2) is 37.8 Å². The third-order valence-corrected chi connectivity index (χ3v) is 10.2. The molecule has 1 aliphatic carbocycles. The molecule has 0 aromatic rings. The molecule has 0 N–H and O–H groups in total. The van der Waals surface area contributed by atoms with E-state index in [1.54, 1.807) is 0 Å². The Balaban J connectivity index is 1.84. The molecule has 1 saturated carbocycles. The standard InChI is InChI=1S/C17H33NO2Si/c1-17(2,3)21(4,5)20-15-11-9-14(10-12-15)18-13-7-6-8-16(18)19/h14-15H,6-13H2,1-5H3. The first kappa shape index (κ1) is 17.0. The highest BCUT2D eigenvalue weighted by Crippen LogP contribution is 2.39. The number of piperidine rings is 1. The summed E-state index contributed by atoms with van der Waals surface area (Å²) in [7, 11) is -1.65. The molecule has 0 unspecified atom stereocenters. The molecular weight excluding hydrogens is 278 g/mol. The Morgan fingerprint density at radius 3 is 2.24 bits per heavy atom. The molecule has 0 aromatic heterocycles. The minimum Gasteiger partial charge on any atom is -0.414 e. The molecule has 2 fully saturated rings. The SMILES string of the molecule is CC(C)(C)[Si](C)(C)OC1CCC(N2CCCCC2=O)CC1. The summed E-state index contributed by atoms with van der Waals surface area (Å²) < 4.78 is 6.54. The number of amides is 1. The van der Waals surface area contributed by atoms with E-state index in [9.17, 15) is 4.79 Å². The summed E-state index contributed by atoms with van der Waals surface area (Å²) in [6.07, 6.45) is 7.96. The minimum absolute atomic E-state index is 0.284. The molecule has 4 heteroatoms. The molecule has 122 valence electrons. The molecule has 1 heterocycles. The highest BCUT2D eigenvalue weighted by atomic mass is 28.4. The number of carbonyl (C=O) groups is 1. The van der Waals surface area contributed by atoms with Crippen molar-refractivity contribution in [1.82, 2.24) is 4.90 Å². The second kappa shape index (κ2) is 6.41. The first-order valence-corrected chi connectivity index (χ1v) is 11.6. The van der Waals surface area contributed by atoms with Crippen molar-refractivity contribution >= 4 is 14.2 Å². The van der Waals surface area contributed by atoms with Gasteiger partial charge in [0, 0.05) is 25.1 Å². The molecule has 21 heavy (non-hydrogen) atoms. The van der Waals surface area contributed by atoms with Gasteiger partial charge < -0.3 is 9.33 Å². The second-order valence-electron chi connectivity index (χ2n) is 8.35. The average Bonchev–Trinajstić information content (AvgIpc) is 2.39. The maximum atomic E-state index is 12.0. The van der Waals surface area contributed by atoms with Crippen LogP contribution in [0.1, 0.15) is 65.7 Å². The number of likely N-dealkylation sites (tertiary alicyclic amines) is 1. The molecule has 0 radical (unpaired) electrons. The zero-order chi connectivity index (χ0) is 15.7. The van der Waals surface area contributed by atoms with Gasteiger partial charge in [-0.15, -0.1) is 0 Å². The lowest BCUT2D eigenvalue weighted by Gasteiger charge is -2.43. The quantitative estimate of drug-likeness (QED) is 0.726. The van der Waals surface area contributed by atoms with Crippen LogP contribution in [0.15, 0.2) is 0 Å². The first-order valence-electron chi connectivity index (χ1n) is 8.68. The van der Waals surface area contributed by atoms with E-state index in [2.05, 4.69) is 38.8 Å². The minimum atomic E-state index is -1.65. The Hall–Kier alpha value is -0.353. The van der Waals surface area contributed by atoms with E-state index in [0.717, 1.165) is 45.1 Å². The third kappa shape index (κ3) is 4.10. The summed E-state index contributed by atoms with van der Waals surface area (Å²) in [4.78, 5) is 14.2. The number of hydrogen-bond acceptors (Lipinski definition) is 2. The van der Waals surface area contributed by atoms with E-state index < -0.39 is 8.32 Å². The van der Waals surface area contributed by atoms with Crippen LogP contribution in [0.5, 0.6) is 0 Å². The van der Waals surface area contributed by atoms with Gasteiger partial charge in [0.2, 0.25) is 5.91 Å². The van der Waals surface area contributed by atoms with Gasteiger partial charge in [0.15, 0.2) is 8.32 Å². The monoisotopic (exact) mass is 311 g/mol. The van der Waals surface area contributed by atoms with E-state index in [-0.39, 0.29) is 5.04 Å². The Morgan fingerprint density at radius 2 is 1.71 bits per heavy atom. The summed E-state index contributed by atoms with van der Waals surface area (Å²) in [6.45, 7) is 12.6. The summed E-state index contributed by atoms with van der Waals surface area (Å²) in [5.41, 5.74) is 0. The molecule has 0 aromatic carbocycles. The zero-order valence-corrected chi connectivity index (χ0v) is 15.6. The van der Waals surface area contributed by atoms with E-state index in [1.807, 2.05) is 0 Å². The lowest BCUT2D eigenvalue weighted by Crippen LogP contribution is -2.48. The van der Waals surface area contributed by atoms with Gasteiger partial charge >= 0.3 is 0 Å². The number of carbonyl (C=O) groups excluding carboxylic acids is 1. The maximum Gasteiger partial charge on any atom is 0.222 e. The molecule has 0 spiro atoms. The van der Waals surface area contributed by atoms with Gasteiger partial charge in [0.05, 0.1) is 0 Å². The van der Waals surface area contributed by atoms with Crippen LogP contribution >= 0.6 is 0 Å². The number of nitrogens with zero attached hydrogens (tertiary/aromatic N) is 1. The number of rotatable bonds is 3. The van der Waals surface area contributed by atoms with Crippen molar-refractivity contribution in [3.8, 4) is 0 Å². The Morgan fingerprint density at radius 1 is 1.10 bits per heavy atom. The van der Waals surface area contributed by atoms with Gasteiger partial charge in [-0.05, 0) is 56.7 Å². The van der Waals surface area contributed by atoms with Crippen molar-refractivity contribution in [3.05, 3.63) is 0 Å². The normalized spacial score (nSPS) is 28.8. The zero-order valence-electron chi connectivity index (χ0n) is 14.6. The smallest absolute Gasteiger partial charge is 0.222 e. The van der Waals surface area contributed by atoms with Gasteiger partial charge in [0.1, 0.15) is 0 Å². The Labute approximate surface area is 131 Å². The van der Waals surface area contributed by atoms with E-state index in [0.29, 0.717) is 18.1 Å². The topological polar surface area (TPSA) is 29.5 Å². The molecule has 0 atom stereocenters. The maximum absolute atomic E-state index is 12.0. The van der Waals surface area contributed by atoms with Crippen LogP contribution in [0.4, 0.5) is 0 Å². The summed E-state index contributed by atoms with van der Waals surface area (Å²) >= 11 is 0. The van der Waals surface area contributed by atoms with Gasteiger partial charge in [-0.25, -0.2) is 0 Å². The van der Waals surface area contributed by atoms with E-state index in [1.165, 1.54) is 6.42 Å². The van der Waals surface area contributed by atoms with Gasteiger partial charge in [-0.3, -0.25) is 4.79 Å². The Kier molecular flexibility index (Phi) is 5.19. The van der Waals surface area contributed by atoms with E-state index >= 15 is 0 Å². The summed E-state index contributed by atoms with van der Waals surface area (Å²) in [6, 6.07) is 0.483. The molecule has 1 amide bonds. The molecule has 1 saturated heterocycles. The lowest BCUT2D eigenvalue weighted by atomic mass is 9.91. The van der Waals surface area contributed by atoms with Crippen molar-refractivity contribution in [2.75, 3.05) is 6.54 Å². The molecule has 0 bridgehead atoms. The molecule has 1 aliphatic heterocycles.